The summed E-state index contributed by atoms with van der Waals surface area (Å²) in [5.41, 5.74) is 6.10. The first-order valence-electron chi connectivity index (χ1n) is 7.14. The molecule has 1 aromatic heterocycles. The fourth-order valence-corrected chi connectivity index (χ4v) is 3.42. The van der Waals surface area contributed by atoms with Gasteiger partial charge in [-0.05, 0) is 30.7 Å². The molecule has 0 saturated heterocycles. The lowest BCUT2D eigenvalue weighted by atomic mass is 9.80. The quantitative estimate of drug-likeness (QED) is 0.901. The zero-order chi connectivity index (χ0) is 13.7. The normalized spacial score (nSPS) is 18.2. The van der Waals surface area contributed by atoms with E-state index < -0.39 is 0 Å². The van der Waals surface area contributed by atoms with Gasteiger partial charge in [-0.15, -0.1) is 11.3 Å². The third-order valence-corrected chi connectivity index (χ3v) is 4.99. The van der Waals surface area contributed by atoms with Crippen LogP contribution in [0.1, 0.15) is 43.4 Å². The second-order valence-electron chi connectivity index (χ2n) is 5.74. The van der Waals surface area contributed by atoms with Crippen LogP contribution in [0.5, 0.6) is 0 Å². The Kier molecular flexibility index (Phi) is 4.99. The summed E-state index contributed by atoms with van der Waals surface area (Å²) in [6.07, 6.45) is 7.05. The van der Waals surface area contributed by atoms with Gasteiger partial charge in [0.2, 0.25) is 5.91 Å². The lowest BCUT2D eigenvalue weighted by Gasteiger charge is -2.34. The van der Waals surface area contributed by atoms with Crippen molar-refractivity contribution in [1.82, 2.24) is 4.90 Å². The summed E-state index contributed by atoms with van der Waals surface area (Å²) in [5.74, 6) is 0.195. The Morgan fingerprint density at radius 2 is 2.16 bits per heavy atom. The Morgan fingerprint density at radius 3 is 2.79 bits per heavy atom. The number of nitrogens with two attached hydrogens (primary N) is 1. The number of carbonyl (C=O) groups is 1. The van der Waals surface area contributed by atoms with Crippen molar-refractivity contribution in [3.8, 4) is 0 Å². The summed E-state index contributed by atoms with van der Waals surface area (Å²) in [4.78, 5) is 15.4. The molecule has 1 amide bonds. The molecule has 4 heteroatoms. The third kappa shape index (κ3) is 4.32. The number of likely N-dealkylation sites (N-methyl/N-ethyl adjacent to an activating group) is 1. The maximum absolute atomic E-state index is 12.2. The van der Waals surface area contributed by atoms with E-state index in [2.05, 4.69) is 17.5 Å². The molecule has 19 heavy (non-hydrogen) atoms. The van der Waals surface area contributed by atoms with Crippen LogP contribution in [0.4, 0.5) is 0 Å². The number of hydrogen-bond donors (Lipinski definition) is 1. The molecule has 0 atom stereocenters. The minimum atomic E-state index is -0.244. The van der Waals surface area contributed by atoms with Crippen LogP contribution >= 0.6 is 11.3 Å². The first-order valence-corrected chi connectivity index (χ1v) is 8.02. The molecule has 1 fully saturated rings. The molecular formula is C15H24N2OS. The van der Waals surface area contributed by atoms with Crippen LogP contribution < -0.4 is 5.73 Å². The Balaban J connectivity index is 1.78. The zero-order valence-electron chi connectivity index (χ0n) is 11.7. The van der Waals surface area contributed by atoms with Gasteiger partial charge < -0.3 is 10.6 Å². The van der Waals surface area contributed by atoms with Crippen LogP contribution in [0.25, 0.3) is 0 Å². The predicted molar refractivity (Wildman–Crippen MR) is 80.3 cm³/mol. The van der Waals surface area contributed by atoms with E-state index >= 15 is 0 Å². The number of thiophene rings is 1. The highest BCUT2D eigenvalue weighted by atomic mass is 32.1. The van der Waals surface area contributed by atoms with E-state index in [0.717, 1.165) is 25.8 Å². The van der Waals surface area contributed by atoms with Crippen molar-refractivity contribution in [3.63, 3.8) is 0 Å². The molecule has 2 rings (SSSR count). The van der Waals surface area contributed by atoms with Gasteiger partial charge in [-0.25, -0.2) is 0 Å². The minimum Gasteiger partial charge on any atom is -0.345 e. The molecule has 0 aliphatic heterocycles. The first-order chi connectivity index (χ1) is 9.09. The van der Waals surface area contributed by atoms with Gasteiger partial charge in [0.15, 0.2) is 0 Å². The Labute approximate surface area is 119 Å². The largest absolute Gasteiger partial charge is 0.345 e. The number of amides is 1. The van der Waals surface area contributed by atoms with Crippen LogP contribution in [0.2, 0.25) is 0 Å². The average molecular weight is 280 g/mol. The van der Waals surface area contributed by atoms with Crippen molar-refractivity contribution in [2.45, 2.75) is 50.5 Å². The average Bonchev–Trinajstić information content (AvgIpc) is 2.89. The van der Waals surface area contributed by atoms with Crippen LogP contribution in [0.15, 0.2) is 17.5 Å². The maximum Gasteiger partial charge on any atom is 0.224 e. The summed E-state index contributed by atoms with van der Waals surface area (Å²) in [6, 6.07) is 4.17. The van der Waals surface area contributed by atoms with E-state index in [1.54, 1.807) is 11.3 Å². The topological polar surface area (TPSA) is 46.3 Å². The molecular weight excluding hydrogens is 256 g/mol. The molecule has 0 radical (unpaired) electrons. The van der Waals surface area contributed by atoms with Crippen molar-refractivity contribution in [2.75, 3.05) is 13.6 Å². The van der Waals surface area contributed by atoms with E-state index in [9.17, 15) is 4.79 Å². The Morgan fingerprint density at radius 1 is 1.42 bits per heavy atom. The van der Waals surface area contributed by atoms with Gasteiger partial charge in [0.1, 0.15) is 0 Å². The molecule has 0 aromatic carbocycles. The van der Waals surface area contributed by atoms with Gasteiger partial charge in [0, 0.05) is 30.4 Å². The molecule has 1 heterocycles. The van der Waals surface area contributed by atoms with E-state index in [0.29, 0.717) is 6.42 Å². The van der Waals surface area contributed by atoms with Crippen LogP contribution in [0, 0.1) is 0 Å². The highest BCUT2D eigenvalue weighted by molar-refractivity contribution is 7.09. The summed E-state index contributed by atoms with van der Waals surface area (Å²) >= 11 is 1.75. The molecule has 0 spiro atoms. The fraction of sp³-hybridized carbons (Fsp3) is 0.667. The van der Waals surface area contributed by atoms with E-state index in [4.69, 9.17) is 5.73 Å². The SMILES string of the molecule is CN(CCc1cccs1)C(=O)CC1(N)CCCCC1. The van der Waals surface area contributed by atoms with E-state index in [1.165, 1.54) is 24.1 Å². The summed E-state index contributed by atoms with van der Waals surface area (Å²) < 4.78 is 0. The van der Waals surface area contributed by atoms with E-state index in [1.807, 2.05) is 11.9 Å². The van der Waals surface area contributed by atoms with Crippen molar-refractivity contribution in [3.05, 3.63) is 22.4 Å². The summed E-state index contributed by atoms with van der Waals surface area (Å²) in [5, 5.41) is 2.08. The number of nitrogens with zero attached hydrogens (tertiary/aromatic N) is 1. The molecule has 1 aromatic rings. The molecule has 0 unspecified atom stereocenters. The van der Waals surface area contributed by atoms with Crippen molar-refractivity contribution in [2.24, 2.45) is 5.73 Å². The van der Waals surface area contributed by atoms with Crippen LogP contribution in [-0.2, 0) is 11.2 Å². The number of hydrogen-bond acceptors (Lipinski definition) is 3. The number of rotatable bonds is 5. The number of carbonyl (C=O) groups excluding carboxylic acids is 1. The highest BCUT2D eigenvalue weighted by Gasteiger charge is 2.30. The van der Waals surface area contributed by atoms with Gasteiger partial charge in [0.05, 0.1) is 0 Å². The van der Waals surface area contributed by atoms with Crippen molar-refractivity contribution < 1.29 is 4.79 Å². The Bertz CT molecular complexity index is 396. The monoisotopic (exact) mass is 280 g/mol. The molecule has 2 N–H and O–H groups in total. The van der Waals surface area contributed by atoms with Gasteiger partial charge in [-0.3, -0.25) is 4.79 Å². The van der Waals surface area contributed by atoms with E-state index in [-0.39, 0.29) is 11.4 Å². The van der Waals surface area contributed by atoms with Gasteiger partial charge in [0.25, 0.3) is 0 Å². The summed E-state index contributed by atoms with van der Waals surface area (Å²) in [7, 11) is 1.89. The molecule has 1 saturated carbocycles. The minimum absolute atomic E-state index is 0.195. The van der Waals surface area contributed by atoms with Gasteiger partial charge >= 0.3 is 0 Å². The lowest BCUT2D eigenvalue weighted by Crippen LogP contribution is -2.46. The highest BCUT2D eigenvalue weighted by Crippen LogP contribution is 2.29. The lowest BCUT2D eigenvalue weighted by molar-refractivity contribution is -0.131. The molecule has 1 aliphatic rings. The van der Waals surface area contributed by atoms with Crippen LogP contribution in [0.3, 0.4) is 0 Å². The zero-order valence-corrected chi connectivity index (χ0v) is 12.5. The maximum atomic E-state index is 12.2. The van der Waals surface area contributed by atoms with Gasteiger partial charge in [-0.1, -0.05) is 25.3 Å². The third-order valence-electron chi connectivity index (χ3n) is 4.05. The summed E-state index contributed by atoms with van der Waals surface area (Å²) in [6.45, 7) is 0.787. The first kappa shape index (κ1) is 14.5. The fourth-order valence-electron chi connectivity index (χ4n) is 2.73. The molecule has 0 bridgehead atoms. The smallest absolute Gasteiger partial charge is 0.224 e. The molecule has 1 aliphatic carbocycles. The standard InChI is InChI=1S/C15H24N2OS/c1-17(10-7-13-6-5-11-19-13)14(18)12-15(16)8-3-2-4-9-15/h5-6,11H,2-4,7-10,12,16H2,1H3. The van der Waals surface area contributed by atoms with Crippen LogP contribution in [-0.4, -0.2) is 29.9 Å². The second-order valence-corrected chi connectivity index (χ2v) is 6.78. The Hall–Kier alpha value is -0.870. The molecule has 106 valence electrons. The second kappa shape index (κ2) is 6.53. The predicted octanol–water partition coefficient (Wildman–Crippen LogP) is 2.80. The van der Waals surface area contributed by atoms with Crippen molar-refractivity contribution in [1.29, 1.82) is 0 Å². The van der Waals surface area contributed by atoms with Gasteiger partial charge in [-0.2, -0.15) is 0 Å². The van der Waals surface area contributed by atoms with Crippen molar-refractivity contribution >= 4 is 17.2 Å². The molecule has 3 nitrogen and oxygen atoms in total.